The summed E-state index contributed by atoms with van der Waals surface area (Å²) >= 11 is 0. The van der Waals surface area contributed by atoms with Gasteiger partial charge in [-0.2, -0.15) is 4.98 Å². The lowest BCUT2D eigenvalue weighted by Crippen LogP contribution is -2.64. The number of ether oxygens (including phenoxy) is 1. The smallest absolute Gasteiger partial charge is 0.238 e. The molecule has 1 aromatic carbocycles. The van der Waals surface area contributed by atoms with Gasteiger partial charge in [0.25, 0.3) is 0 Å². The van der Waals surface area contributed by atoms with Crippen molar-refractivity contribution in [2.45, 2.75) is 44.8 Å². The first-order chi connectivity index (χ1) is 12.9. The van der Waals surface area contributed by atoms with E-state index in [4.69, 9.17) is 15.0 Å². The molecule has 3 heterocycles. The van der Waals surface area contributed by atoms with Crippen molar-refractivity contribution in [2.75, 3.05) is 6.54 Å². The number of carbonyl (C=O) groups is 2. The van der Waals surface area contributed by atoms with Gasteiger partial charge in [0, 0.05) is 25.3 Å². The van der Waals surface area contributed by atoms with E-state index in [1.807, 2.05) is 31.2 Å². The molecule has 2 aliphatic rings. The topological polar surface area (TPSA) is 112 Å². The van der Waals surface area contributed by atoms with Crippen LogP contribution in [0.15, 0.2) is 28.8 Å². The summed E-state index contributed by atoms with van der Waals surface area (Å²) in [4.78, 5) is 31.1. The lowest BCUT2D eigenvalue weighted by Gasteiger charge is -2.52. The molecular formula is C19H22N4O4. The van der Waals surface area contributed by atoms with Crippen molar-refractivity contribution < 1.29 is 18.8 Å². The van der Waals surface area contributed by atoms with Crippen LogP contribution in [0.4, 0.5) is 0 Å². The molecule has 2 amide bonds. The van der Waals surface area contributed by atoms with Gasteiger partial charge in [0.2, 0.25) is 17.7 Å². The Hall–Kier alpha value is -2.90. The van der Waals surface area contributed by atoms with Crippen LogP contribution in [0.1, 0.15) is 43.0 Å². The number of nitrogens with two attached hydrogens (primary N) is 1. The van der Waals surface area contributed by atoms with Crippen LogP contribution < -0.4 is 10.5 Å². The van der Waals surface area contributed by atoms with Gasteiger partial charge in [0.05, 0.1) is 0 Å². The number of piperidine rings is 1. The Balaban J connectivity index is 1.60. The Morgan fingerprint density at radius 1 is 1.41 bits per heavy atom. The van der Waals surface area contributed by atoms with Crippen molar-refractivity contribution in [3.05, 3.63) is 41.5 Å². The molecule has 1 aromatic heterocycles. The quantitative estimate of drug-likeness (QED) is 0.799. The fraction of sp³-hybridized carbons (Fsp3) is 0.474. The molecule has 8 nitrogen and oxygen atoms in total. The van der Waals surface area contributed by atoms with Crippen LogP contribution in [0.25, 0.3) is 0 Å². The van der Waals surface area contributed by atoms with Crippen molar-refractivity contribution in [1.82, 2.24) is 15.0 Å². The van der Waals surface area contributed by atoms with Gasteiger partial charge in [0.15, 0.2) is 11.5 Å². The Morgan fingerprint density at radius 3 is 2.89 bits per heavy atom. The van der Waals surface area contributed by atoms with E-state index in [9.17, 15) is 9.59 Å². The molecule has 1 fully saturated rings. The van der Waals surface area contributed by atoms with Gasteiger partial charge in [-0.05, 0) is 31.9 Å². The molecule has 0 unspecified atom stereocenters. The van der Waals surface area contributed by atoms with Gasteiger partial charge >= 0.3 is 0 Å². The Morgan fingerprint density at radius 2 is 2.19 bits per heavy atom. The fourth-order valence-corrected chi connectivity index (χ4v) is 4.21. The molecule has 0 radical (unpaired) electrons. The van der Waals surface area contributed by atoms with Crippen molar-refractivity contribution in [2.24, 2.45) is 11.7 Å². The molecule has 2 bridgehead atoms. The highest BCUT2D eigenvalue weighted by atomic mass is 16.5. The summed E-state index contributed by atoms with van der Waals surface area (Å²) in [5.74, 6) is -0.212. The van der Waals surface area contributed by atoms with E-state index in [1.165, 1.54) is 0 Å². The lowest BCUT2D eigenvalue weighted by atomic mass is 9.73. The normalized spacial score (nSPS) is 26.4. The average Bonchev–Trinajstić information content (AvgIpc) is 3.02. The Kier molecular flexibility index (Phi) is 4.13. The monoisotopic (exact) mass is 370 g/mol. The number of hydrogen-bond donors (Lipinski definition) is 1. The number of nitrogens with zero attached hydrogens (tertiary/aromatic N) is 3. The van der Waals surface area contributed by atoms with Gasteiger partial charge < -0.3 is 19.9 Å². The average molecular weight is 370 g/mol. The van der Waals surface area contributed by atoms with Crippen LogP contribution in [-0.2, 0) is 16.0 Å². The number of likely N-dealkylation sites (tertiary alicyclic amines) is 1. The van der Waals surface area contributed by atoms with E-state index >= 15 is 0 Å². The number of aromatic nitrogens is 2. The van der Waals surface area contributed by atoms with E-state index in [0.29, 0.717) is 43.3 Å². The standard InChI is InChI=1S/C19H22N4O4/c1-11-21-15(27-22-11)8-5-9-23-18(25)16(17(20)24)13-10-19(23,2)26-14-7-4-3-6-12(13)14/h3-4,6-7,13,16H,5,8-10H2,1-2H3,(H2,20,24)/t13-,16-,19+/m0/s1. The number of primary amides is 1. The molecule has 4 rings (SSSR count). The zero-order chi connectivity index (χ0) is 19.2. The van der Waals surface area contributed by atoms with E-state index in [0.717, 1.165) is 5.56 Å². The van der Waals surface area contributed by atoms with Crippen molar-refractivity contribution in [3.8, 4) is 5.75 Å². The van der Waals surface area contributed by atoms with Crippen molar-refractivity contribution in [1.29, 1.82) is 0 Å². The van der Waals surface area contributed by atoms with Crippen LogP contribution >= 0.6 is 0 Å². The van der Waals surface area contributed by atoms with Gasteiger partial charge in [-0.25, -0.2) is 0 Å². The second-order valence-corrected chi connectivity index (χ2v) is 7.33. The van der Waals surface area contributed by atoms with Gasteiger partial charge in [-0.3, -0.25) is 9.59 Å². The first-order valence-corrected chi connectivity index (χ1v) is 9.07. The number of carbonyl (C=O) groups excluding carboxylic acids is 2. The molecular weight excluding hydrogens is 348 g/mol. The predicted octanol–water partition coefficient (Wildman–Crippen LogP) is 1.54. The summed E-state index contributed by atoms with van der Waals surface area (Å²) in [6.45, 7) is 4.06. The highest BCUT2D eigenvalue weighted by molar-refractivity contribution is 6.01. The van der Waals surface area contributed by atoms with E-state index in [2.05, 4.69) is 10.1 Å². The molecule has 0 saturated carbocycles. The second-order valence-electron chi connectivity index (χ2n) is 7.33. The Bertz CT molecular complexity index is 895. The van der Waals surface area contributed by atoms with Crippen LogP contribution in [0.3, 0.4) is 0 Å². The number of benzene rings is 1. The first-order valence-electron chi connectivity index (χ1n) is 9.07. The highest BCUT2D eigenvalue weighted by Crippen LogP contribution is 2.49. The van der Waals surface area contributed by atoms with E-state index in [1.54, 1.807) is 11.8 Å². The molecule has 8 heteroatoms. The number of aryl methyl sites for hydroxylation is 2. The summed E-state index contributed by atoms with van der Waals surface area (Å²) < 4.78 is 11.3. The largest absolute Gasteiger partial charge is 0.468 e. The highest BCUT2D eigenvalue weighted by Gasteiger charge is 2.55. The molecule has 2 aliphatic heterocycles. The molecule has 27 heavy (non-hydrogen) atoms. The fourth-order valence-electron chi connectivity index (χ4n) is 4.21. The van der Waals surface area contributed by atoms with Gasteiger partial charge in [-0.15, -0.1) is 0 Å². The summed E-state index contributed by atoms with van der Waals surface area (Å²) in [5, 5.41) is 3.77. The summed E-state index contributed by atoms with van der Waals surface area (Å²) in [5.41, 5.74) is 5.67. The molecule has 2 aromatic rings. The SMILES string of the molecule is Cc1noc(CCCN2C(=O)[C@H](C(N)=O)[C@H]3C[C@@]2(C)Oc2ccccc23)n1. The molecule has 142 valence electrons. The third-order valence-electron chi connectivity index (χ3n) is 5.40. The second kappa shape index (κ2) is 6.37. The van der Waals surface area contributed by atoms with Crippen LogP contribution in [0, 0.1) is 12.8 Å². The van der Waals surface area contributed by atoms with Gasteiger partial charge in [0.1, 0.15) is 11.7 Å². The maximum Gasteiger partial charge on any atom is 0.238 e. The van der Waals surface area contributed by atoms with Gasteiger partial charge in [-0.1, -0.05) is 23.4 Å². The Labute approximate surface area is 156 Å². The summed E-state index contributed by atoms with van der Waals surface area (Å²) in [7, 11) is 0. The van der Waals surface area contributed by atoms with Crippen LogP contribution in [-0.4, -0.2) is 39.1 Å². The summed E-state index contributed by atoms with van der Waals surface area (Å²) in [6, 6.07) is 7.53. The summed E-state index contributed by atoms with van der Waals surface area (Å²) in [6.07, 6.45) is 1.69. The van der Waals surface area contributed by atoms with E-state index < -0.39 is 17.6 Å². The van der Waals surface area contributed by atoms with Crippen molar-refractivity contribution >= 4 is 11.8 Å². The van der Waals surface area contributed by atoms with Crippen LogP contribution in [0.2, 0.25) is 0 Å². The van der Waals surface area contributed by atoms with E-state index in [-0.39, 0.29) is 11.8 Å². The lowest BCUT2D eigenvalue weighted by molar-refractivity contribution is -0.175. The minimum absolute atomic E-state index is 0.264. The maximum absolute atomic E-state index is 13.1. The number of fused-ring (bicyclic) bond motifs is 4. The van der Waals surface area contributed by atoms with Crippen LogP contribution in [0.5, 0.6) is 5.75 Å². The number of para-hydroxylation sites is 1. The zero-order valence-electron chi connectivity index (χ0n) is 15.3. The zero-order valence-corrected chi connectivity index (χ0v) is 15.3. The van der Waals surface area contributed by atoms with Crippen molar-refractivity contribution in [3.63, 3.8) is 0 Å². The number of amides is 2. The predicted molar refractivity (Wildman–Crippen MR) is 94.6 cm³/mol. The first kappa shape index (κ1) is 17.5. The minimum atomic E-state index is -0.881. The third kappa shape index (κ3) is 2.94. The molecule has 2 N–H and O–H groups in total. The molecule has 3 atom stereocenters. The minimum Gasteiger partial charge on any atom is -0.468 e. The molecule has 1 saturated heterocycles. The molecule has 0 spiro atoms. The third-order valence-corrected chi connectivity index (χ3v) is 5.40. The number of rotatable bonds is 5. The molecule has 0 aliphatic carbocycles. The maximum atomic E-state index is 13.1. The number of hydrogen-bond acceptors (Lipinski definition) is 6.